The molecule has 0 bridgehead atoms. The van der Waals surface area contributed by atoms with E-state index in [0.717, 1.165) is 0 Å². The lowest BCUT2D eigenvalue weighted by Crippen LogP contribution is -2.34. The van der Waals surface area contributed by atoms with Crippen LogP contribution in [-0.2, 0) is 10.3 Å². The number of carbonyl (C=O) groups is 2. The predicted molar refractivity (Wildman–Crippen MR) is 278 cm³/mol. The van der Waals surface area contributed by atoms with Crippen molar-refractivity contribution in [1.29, 1.82) is 0 Å². The van der Waals surface area contributed by atoms with Crippen LogP contribution in [0.2, 0.25) is 0 Å². The van der Waals surface area contributed by atoms with Crippen molar-refractivity contribution in [2.45, 2.75) is 5.60 Å². The van der Waals surface area contributed by atoms with Crippen LogP contribution in [0.3, 0.4) is 0 Å². The second-order valence-corrected chi connectivity index (χ2v) is 21.5. The van der Waals surface area contributed by atoms with Crippen molar-refractivity contribution in [2.75, 3.05) is 0 Å². The number of phenolic OH excluding ortho intramolecular Hbond substituents is 2. The molecule has 0 fully saturated rings. The molecule has 5 aromatic carbocycles. The monoisotopic (exact) mass is 1670 g/mol. The Kier molecular flexibility index (Phi) is 12.3. The zero-order chi connectivity index (χ0) is 41.7. The Labute approximate surface area is 436 Å². The Hall–Kier alpha value is -1.23. The van der Waals surface area contributed by atoms with Crippen LogP contribution >= 0.6 is 181 Å². The molecule has 0 atom stereocenters. The molecule has 3 heterocycles. The minimum absolute atomic E-state index is 0.0220. The highest BCUT2D eigenvalue weighted by Gasteiger charge is 2.55. The molecule has 3 aliphatic heterocycles. The first-order valence-corrected chi connectivity index (χ1v) is 24.8. The van der Waals surface area contributed by atoms with Gasteiger partial charge in [0.1, 0.15) is 20.7 Å². The summed E-state index contributed by atoms with van der Waals surface area (Å²) in [5, 5.41) is 45.9. The molecule has 0 saturated carbocycles. The molecule has 0 unspecified atom stereocenters. The van der Waals surface area contributed by atoms with E-state index in [1.54, 1.807) is 54.6 Å². The summed E-state index contributed by atoms with van der Waals surface area (Å²) in [6.45, 7) is 0. The summed E-state index contributed by atoms with van der Waals surface area (Å²) < 4.78 is 22.4. The topological polar surface area (TPSA) is 169 Å². The summed E-state index contributed by atoms with van der Waals surface area (Å²) in [6, 6.07) is 20.8. The summed E-state index contributed by atoms with van der Waals surface area (Å²) in [7, 11) is 0. The molecule has 0 aromatic heterocycles. The summed E-state index contributed by atoms with van der Waals surface area (Å²) in [6.07, 6.45) is 0. The van der Waals surface area contributed by atoms with Gasteiger partial charge in [-0.15, -0.1) is 0 Å². The van der Waals surface area contributed by atoms with E-state index in [1.165, 1.54) is 6.07 Å². The molecular weight excluding hydrogens is 1660 g/mol. The Morgan fingerprint density at radius 1 is 0.638 bits per heavy atom. The maximum absolute atomic E-state index is 12.9. The molecule has 4 aliphatic rings. The van der Waals surface area contributed by atoms with Gasteiger partial charge in [0.05, 0.1) is 40.5 Å². The first-order valence-electron chi connectivity index (χ1n) is 16.2. The molecule has 58 heavy (non-hydrogen) atoms. The number of hydrogen-bond donors (Lipinski definition) is 2. The summed E-state index contributed by atoms with van der Waals surface area (Å²) in [4.78, 5) is 37.2. The van der Waals surface area contributed by atoms with Crippen molar-refractivity contribution in [3.8, 4) is 51.2 Å². The molecule has 10 nitrogen and oxygen atoms in total. The van der Waals surface area contributed by atoms with Crippen molar-refractivity contribution in [3.05, 3.63) is 139 Å². The van der Waals surface area contributed by atoms with Crippen LogP contribution in [0.15, 0.2) is 82.0 Å². The summed E-state index contributed by atoms with van der Waals surface area (Å²) >= 11 is 15.9. The number of fused-ring (bicyclic) bond motifs is 8. The molecule has 1 spiro atoms. The fourth-order valence-electron chi connectivity index (χ4n) is 6.92. The normalized spacial score (nSPS) is 13.3. The minimum Gasteiger partial charge on any atom is -0.871 e. The highest BCUT2D eigenvalue weighted by atomic mass is 127. The van der Waals surface area contributed by atoms with E-state index in [1.807, 2.05) is 148 Å². The summed E-state index contributed by atoms with van der Waals surface area (Å²) in [5.74, 6) is -0.545. The average Bonchev–Trinajstić information content (AvgIpc) is 3.50. The third-order valence-corrected chi connectivity index (χ3v) is 16.7. The van der Waals surface area contributed by atoms with Crippen LogP contribution in [0, 0.1) is 28.6 Å². The fraction of sp³-hybridized carbons (Fsp3) is 0.0250. The minimum atomic E-state index is -1.31. The highest BCUT2D eigenvalue weighted by Crippen LogP contribution is 2.60. The van der Waals surface area contributed by atoms with Gasteiger partial charge >= 0.3 is 5.97 Å². The van der Waals surface area contributed by atoms with Crippen molar-refractivity contribution in [2.24, 2.45) is 0 Å². The van der Waals surface area contributed by atoms with Gasteiger partial charge < -0.3 is 39.1 Å². The van der Waals surface area contributed by atoms with Gasteiger partial charge in [-0.3, -0.25) is 4.79 Å². The van der Waals surface area contributed by atoms with Crippen molar-refractivity contribution >= 4 is 204 Å². The zero-order valence-electron chi connectivity index (χ0n) is 28.1. The summed E-state index contributed by atoms with van der Waals surface area (Å²) in [5.41, 5.74) is 3.07. The zero-order valence-corrected chi connectivity index (χ0v) is 45.4. The van der Waals surface area contributed by atoms with Crippen molar-refractivity contribution in [3.63, 3.8) is 0 Å². The Balaban J connectivity index is 0.000000162. The third kappa shape index (κ3) is 6.87. The molecular formula is C40H14I8O10-2. The van der Waals surface area contributed by atoms with Gasteiger partial charge in [-0.05, 0) is 217 Å². The van der Waals surface area contributed by atoms with Gasteiger partial charge in [0.2, 0.25) is 5.43 Å². The van der Waals surface area contributed by atoms with Crippen LogP contribution in [0.25, 0.3) is 33.4 Å². The second-order valence-electron chi connectivity index (χ2n) is 12.6. The maximum Gasteiger partial charge on any atom is 0.340 e. The number of carboxylic acids is 1. The van der Waals surface area contributed by atoms with Crippen molar-refractivity contribution < 1.29 is 43.9 Å². The number of benzene rings is 6. The molecule has 2 N–H and O–H groups in total. The van der Waals surface area contributed by atoms with Gasteiger partial charge in [0, 0.05) is 34.8 Å². The number of phenols is 2. The van der Waals surface area contributed by atoms with Crippen molar-refractivity contribution in [1.82, 2.24) is 0 Å². The average molecular weight is 1670 g/mol. The molecule has 292 valence electrons. The predicted octanol–water partition coefficient (Wildman–Crippen LogP) is 10.5. The fourth-order valence-corrected chi connectivity index (χ4v) is 14.1. The molecule has 5 aromatic rings. The number of rotatable bonds is 2. The van der Waals surface area contributed by atoms with E-state index in [0.29, 0.717) is 95.7 Å². The number of halogens is 8. The second kappa shape index (κ2) is 16.5. The van der Waals surface area contributed by atoms with Gasteiger partial charge in [-0.1, -0.05) is 48.2 Å². The maximum atomic E-state index is 12.9. The van der Waals surface area contributed by atoms with Crippen LogP contribution < -0.4 is 20.4 Å². The number of hydrogen-bond acceptors (Lipinski definition) is 10. The standard InChI is InChI=1S/2C20H8I4O5/c21-11-5-9-17(13(23)15(11)25)28-18-10(6-12(22)16(26)14(18)24)20(9)8-4-2-1-3-7(8)19(27)29-20;21-11-5-9-13(7-3-1-2-4-8(7)20(27)28)10-6-12(22)17(26)15(24)19(10)29-18(9)14(23)16(11)25/h1-6,25-26H;1-6,25H,(H,27,28)/p-2. The van der Waals surface area contributed by atoms with Crippen LogP contribution in [0.5, 0.6) is 28.7 Å². The molecule has 1 aliphatic carbocycles. The molecule has 0 radical (unpaired) electrons. The van der Waals surface area contributed by atoms with E-state index in [-0.39, 0.29) is 28.2 Å². The SMILES string of the molecule is O=C([O-])c1ccccc1-c1c2cc(I)c(=O)c(I)c-2oc2c(I)c([O-])c(I)cc12.O=C1OC2(c3ccccc31)c1cc(I)c(O)c(I)c1Oc1c2cc(I)c(O)c1I. The van der Waals surface area contributed by atoms with Crippen LogP contribution in [-0.4, -0.2) is 22.2 Å². The highest BCUT2D eigenvalue weighted by molar-refractivity contribution is 14.1. The number of carboxylic acid groups (broad SMARTS) is 1. The smallest absolute Gasteiger partial charge is 0.340 e. The molecule has 0 amide bonds. The van der Waals surface area contributed by atoms with E-state index in [2.05, 4.69) is 45.2 Å². The Morgan fingerprint density at radius 2 is 1.21 bits per heavy atom. The van der Waals surface area contributed by atoms with Crippen LogP contribution in [0.1, 0.15) is 37.4 Å². The number of carbonyl (C=O) groups excluding carboxylic acids is 2. The number of aromatic carboxylic acids is 1. The van der Waals surface area contributed by atoms with Gasteiger partial charge in [0.15, 0.2) is 22.9 Å². The van der Waals surface area contributed by atoms with E-state index < -0.39 is 17.5 Å². The largest absolute Gasteiger partial charge is 0.871 e. The van der Waals surface area contributed by atoms with E-state index in [9.17, 15) is 34.8 Å². The van der Waals surface area contributed by atoms with Gasteiger partial charge in [0.25, 0.3) is 0 Å². The molecule has 0 saturated heterocycles. The molecule has 18 heteroatoms. The molecule has 9 rings (SSSR count). The van der Waals surface area contributed by atoms with E-state index in [4.69, 9.17) is 13.9 Å². The lowest BCUT2D eigenvalue weighted by atomic mass is 9.77. The van der Waals surface area contributed by atoms with Gasteiger partial charge in [-0.25, -0.2) is 4.79 Å². The van der Waals surface area contributed by atoms with Gasteiger partial charge in [-0.2, -0.15) is 0 Å². The lowest BCUT2D eigenvalue weighted by molar-refractivity contribution is -0.270. The number of aromatic hydroxyl groups is 2. The number of ether oxygens (including phenoxy) is 2. The lowest BCUT2D eigenvalue weighted by Gasteiger charge is -2.37. The third-order valence-electron chi connectivity index (χ3n) is 9.45. The quantitative estimate of drug-likeness (QED) is 0.0965. The van der Waals surface area contributed by atoms with Crippen LogP contribution in [0.4, 0.5) is 0 Å². The Morgan fingerprint density at radius 3 is 1.81 bits per heavy atom. The Bertz CT molecular complexity index is 2950. The first-order chi connectivity index (χ1) is 27.5. The number of esters is 1. The first kappa shape index (κ1) is 43.4. The van der Waals surface area contributed by atoms with E-state index >= 15 is 0 Å².